The SMILES string of the molecule is CO.O=C(OCc1ccccc1)N1CCC[C@@H](C=Cc2ccccc2)C1.[CH3-].[HH].[Pd].c1ccc(CC[C@@H]2CCCNC2)cc1. The number of benzene rings is 3. The molecule has 5 nitrogen and oxygen atoms in total. The van der Waals surface area contributed by atoms with Gasteiger partial charge in [-0.25, -0.2) is 4.79 Å². The number of ether oxygens (including phenoxy) is 1. The van der Waals surface area contributed by atoms with Gasteiger partial charge < -0.3 is 27.5 Å². The third-order valence-corrected chi connectivity index (χ3v) is 7.36. The first-order valence-corrected chi connectivity index (χ1v) is 14.6. The number of rotatable bonds is 7. The van der Waals surface area contributed by atoms with Crippen LogP contribution in [-0.4, -0.2) is 49.4 Å². The second-order valence-corrected chi connectivity index (χ2v) is 10.4. The molecular weight excluding hydrogens is 615 g/mol. The van der Waals surface area contributed by atoms with Crippen LogP contribution in [-0.2, 0) is 38.2 Å². The topological polar surface area (TPSA) is 61.8 Å². The van der Waals surface area contributed by atoms with E-state index in [2.05, 4.69) is 59.9 Å². The number of carbonyl (C=O) groups is 1. The fourth-order valence-corrected chi connectivity index (χ4v) is 5.14. The summed E-state index contributed by atoms with van der Waals surface area (Å²) in [6, 6.07) is 30.9. The summed E-state index contributed by atoms with van der Waals surface area (Å²) in [6.45, 7) is 4.30. The van der Waals surface area contributed by atoms with E-state index in [1.807, 2.05) is 53.4 Å². The van der Waals surface area contributed by atoms with E-state index in [1.165, 1.54) is 49.9 Å². The van der Waals surface area contributed by atoms with E-state index in [0.717, 1.165) is 44.5 Å². The summed E-state index contributed by atoms with van der Waals surface area (Å²) in [5.41, 5.74) is 3.70. The standard InChI is InChI=1S/C21H23NO2.C13H19N.CH4O.CH3.Pd.H2/c23-21(24-17-20-10-5-2-6-11-20)22-15-7-12-19(16-22)14-13-18-8-3-1-4-9-18;1-2-5-12(6-3-1)8-9-13-7-4-10-14-11-13;1-2;;;/h1-6,8-11,13-14,19H,7,12,15-17H2;1-3,5-6,13-14H,4,7-11H2;2H,1H3;1H3;;1H/q;;;-1;;/t19-;13-;;;;/m00..../s1. The maximum absolute atomic E-state index is 12.3. The summed E-state index contributed by atoms with van der Waals surface area (Å²) in [6.07, 6.45) is 11.6. The van der Waals surface area contributed by atoms with E-state index in [-0.39, 0.29) is 35.4 Å². The van der Waals surface area contributed by atoms with Gasteiger partial charge in [0, 0.05) is 42.0 Å². The molecular formula is C36H51N2O3Pd-. The first-order valence-electron chi connectivity index (χ1n) is 14.6. The number of carbonyl (C=O) groups excluding carboxylic acids is 1. The maximum atomic E-state index is 12.3. The molecule has 0 spiro atoms. The van der Waals surface area contributed by atoms with Crippen LogP contribution in [0.1, 0.15) is 50.2 Å². The van der Waals surface area contributed by atoms with Gasteiger partial charge in [-0.05, 0) is 80.1 Å². The largest absolute Gasteiger partial charge is 0.445 e. The molecule has 2 N–H and O–H groups in total. The van der Waals surface area contributed by atoms with Crippen molar-refractivity contribution in [1.29, 1.82) is 0 Å². The van der Waals surface area contributed by atoms with Crippen molar-refractivity contribution >= 4 is 12.2 Å². The Balaban J connectivity index is 0.000000802. The number of piperidine rings is 2. The normalized spacial score (nSPS) is 17.7. The van der Waals surface area contributed by atoms with Crippen molar-refractivity contribution < 1.29 is 36.5 Å². The van der Waals surface area contributed by atoms with Gasteiger partial charge in [-0.15, -0.1) is 0 Å². The van der Waals surface area contributed by atoms with Crippen molar-refractivity contribution in [2.24, 2.45) is 11.8 Å². The molecule has 6 heteroatoms. The molecule has 2 aliphatic rings. The molecule has 2 saturated heterocycles. The Labute approximate surface area is 269 Å². The van der Waals surface area contributed by atoms with Crippen LogP contribution < -0.4 is 5.32 Å². The monoisotopic (exact) mass is 665 g/mol. The van der Waals surface area contributed by atoms with Gasteiger partial charge in [0.15, 0.2) is 0 Å². The van der Waals surface area contributed by atoms with E-state index < -0.39 is 0 Å². The first kappa shape index (κ1) is 37.3. The molecule has 0 saturated carbocycles. The van der Waals surface area contributed by atoms with Crippen LogP contribution >= 0.6 is 0 Å². The third-order valence-electron chi connectivity index (χ3n) is 7.36. The number of nitrogens with one attached hydrogen (secondary N) is 1. The van der Waals surface area contributed by atoms with Gasteiger partial charge in [-0.2, -0.15) is 0 Å². The van der Waals surface area contributed by atoms with E-state index in [9.17, 15) is 4.79 Å². The minimum Gasteiger partial charge on any atom is -0.445 e. The van der Waals surface area contributed by atoms with Crippen LogP contribution in [0.3, 0.4) is 0 Å². The zero-order valence-corrected chi connectivity index (χ0v) is 26.8. The van der Waals surface area contributed by atoms with Crippen molar-refractivity contribution in [1.82, 2.24) is 10.2 Å². The molecule has 0 unspecified atom stereocenters. The van der Waals surface area contributed by atoms with Gasteiger partial charge in [0.25, 0.3) is 0 Å². The Morgan fingerprint density at radius 1 is 0.929 bits per heavy atom. The molecule has 5 rings (SSSR count). The zero-order chi connectivity index (χ0) is 28.3. The first-order chi connectivity index (χ1) is 19.8. The number of amides is 1. The molecule has 1 amide bonds. The Bertz CT molecular complexity index is 1100. The second-order valence-electron chi connectivity index (χ2n) is 10.4. The molecule has 42 heavy (non-hydrogen) atoms. The number of hydrogen-bond acceptors (Lipinski definition) is 4. The number of aliphatic hydroxyl groups is 1. The summed E-state index contributed by atoms with van der Waals surface area (Å²) >= 11 is 0. The minimum absolute atomic E-state index is 0. The van der Waals surface area contributed by atoms with E-state index in [1.54, 1.807) is 0 Å². The van der Waals surface area contributed by atoms with E-state index >= 15 is 0 Å². The molecule has 234 valence electrons. The Morgan fingerprint density at radius 2 is 1.55 bits per heavy atom. The second kappa shape index (κ2) is 22.8. The number of aryl methyl sites for hydroxylation is 1. The Kier molecular flexibility index (Phi) is 20.2. The van der Waals surface area contributed by atoms with Crippen LogP contribution in [0.5, 0.6) is 0 Å². The number of aliphatic hydroxyl groups excluding tert-OH is 1. The molecule has 0 radical (unpaired) electrons. The molecule has 2 aliphatic heterocycles. The van der Waals surface area contributed by atoms with Crippen LogP contribution in [0.15, 0.2) is 97.1 Å². The van der Waals surface area contributed by atoms with Crippen molar-refractivity contribution in [3.8, 4) is 0 Å². The molecule has 0 aromatic heterocycles. The van der Waals surface area contributed by atoms with Crippen molar-refractivity contribution in [3.63, 3.8) is 0 Å². The quantitative estimate of drug-likeness (QED) is 0.201. The summed E-state index contributed by atoms with van der Waals surface area (Å²) in [5, 5.41) is 10.5. The molecule has 0 aliphatic carbocycles. The summed E-state index contributed by atoms with van der Waals surface area (Å²) in [5.74, 6) is 1.30. The van der Waals surface area contributed by atoms with E-state index in [0.29, 0.717) is 12.5 Å². The van der Waals surface area contributed by atoms with E-state index in [4.69, 9.17) is 9.84 Å². The van der Waals surface area contributed by atoms with Gasteiger partial charge in [0.05, 0.1) is 0 Å². The van der Waals surface area contributed by atoms with Crippen LogP contribution in [0.4, 0.5) is 4.79 Å². The van der Waals surface area contributed by atoms with Gasteiger partial charge >= 0.3 is 6.09 Å². The number of nitrogens with zero attached hydrogens (tertiary/aromatic N) is 1. The minimum atomic E-state index is -0.211. The fraction of sp³-hybridized carbons (Fsp3) is 0.389. The Morgan fingerprint density at radius 3 is 2.17 bits per heavy atom. The summed E-state index contributed by atoms with van der Waals surface area (Å²) < 4.78 is 5.44. The van der Waals surface area contributed by atoms with Gasteiger partial charge in [-0.3, -0.25) is 0 Å². The van der Waals surface area contributed by atoms with Gasteiger partial charge in [-0.1, -0.05) is 103 Å². The molecule has 3 aromatic carbocycles. The van der Waals surface area contributed by atoms with Crippen molar-refractivity contribution in [2.75, 3.05) is 33.3 Å². The van der Waals surface area contributed by atoms with Crippen molar-refractivity contribution in [2.45, 2.75) is 45.1 Å². The van der Waals surface area contributed by atoms with Crippen LogP contribution in [0, 0.1) is 19.3 Å². The predicted molar refractivity (Wildman–Crippen MR) is 173 cm³/mol. The number of hydrogen-bond donors (Lipinski definition) is 2. The maximum Gasteiger partial charge on any atom is 0.410 e. The zero-order valence-electron chi connectivity index (χ0n) is 25.3. The molecule has 0 bridgehead atoms. The third kappa shape index (κ3) is 14.4. The predicted octanol–water partition coefficient (Wildman–Crippen LogP) is 7.67. The summed E-state index contributed by atoms with van der Waals surface area (Å²) in [7, 11) is 1.00. The number of likely N-dealkylation sites (tertiary alicyclic amines) is 1. The average Bonchev–Trinajstić information content (AvgIpc) is 3.05. The van der Waals surface area contributed by atoms with Gasteiger partial charge in [0.1, 0.15) is 6.61 Å². The molecule has 2 heterocycles. The van der Waals surface area contributed by atoms with Crippen LogP contribution in [0.25, 0.3) is 6.08 Å². The Hall–Kier alpha value is -2.75. The molecule has 2 fully saturated rings. The summed E-state index contributed by atoms with van der Waals surface area (Å²) in [4.78, 5) is 14.1. The molecule has 3 aromatic rings. The molecule has 2 atom stereocenters. The van der Waals surface area contributed by atoms with Crippen molar-refractivity contribution in [3.05, 3.63) is 121 Å². The fourth-order valence-electron chi connectivity index (χ4n) is 5.14. The van der Waals surface area contributed by atoms with Gasteiger partial charge in [0.2, 0.25) is 0 Å². The average molecular weight is 666 g/mol. The smallest absolute Gasteiger partial charge is 0.410 e. The van der Waals surface area contributed by atoms with Crippen LogP contribution in [0.2, 0.25) is 0 Å².